The van der Waals surface area contributed by atoms with Crippen LogP contribution in [0.3, 0.4) is 0 Å². The molecule has 0 fully saturated rings. The number of rotatable bonds is 6. The van der Waals surface area contributed by atoms with Crippen LogP contribution in [0.4, 0.5) is 17.1 Å². The van der Waals surface area contributed by atoms with Gasteiger partial charge in [0.1, 0.15) is 0 Å². The minimum Gasteiger partial charge on any atom is -0.369 e. The first kappa shape index (κ1) is 23.0. The van der Waals surface area contributed by atoms with Crippen molar-refractivity contribution in [3.63, 3.8) is 0 Å². The van der Waals surface area contributed by atoms with Crippen molar-refractivity contribution in [3.8, 4) is 0 Å². The SMILES string of the molecule is CCCN1CCc2c(C)c(NS(=O)(=O)NC(C)=O)c(C)c(NC(=O)C(C)(C)C)c21. The van der Waals surface area contributed by atoms with Gasteiger partial charge in [-0.15, -0.1) is 0 Å². The molecule has 3 N–H and O–H groups in total. The van der Waals surface area contributed by atoms with Gasteiger partial charge in [-0.25, -0.2) is 4.72 Å². The maximum absolute atomic E-state index is 12.8. The van der Waals surface area contributed by atoms with Crippen LogP contribution in [0, 0.1) is 19.3 Å². The summed E-state index contributed by atoms with van der Waals surface area (Å²) < 4.78 is 29.1. The Bertz CT molecular complexity index is 933. The third-order valence-corrected chi connectivity index (χ3v) is 6.01. The van der Waals surface area contributed by atoms with Crippen molar-refractivity contribution in [3.05, 3.63) is 16.7 Å². The third-order valence-electron chi connectivity index (χ3n) is 4.98. The lowest BCUT2D eigenvalue weighted by molar-refractivity contribution is -0.123. The molecule has 1 heterocycles. The van der Waals surface area contributed by atoms with Gasteiger partial charge in [-0.1, -0.05) is 27.7 Å². The molecule has 2 amide bonds. The third kappa shape index (κ3) is 5.01. The second-order valence-corrected chi connectivity index (χ2v) is 9.95. The van der Waals surface area contributed by atoms with Crippen molar-refractivity contribution < 1.29 is 18.0 Å². The number of carbonyl (C=O) groups excluding carboxylic acids is 2. The molecule has 1 aromatic rings. The normalized spacial score (nSPS) is 13.8. The van der Waals surface area contributed by atoms with Gasteiger partial charge >= 0.3 is 10.2 Å². The number of benzene rings is 1. The molecule has 0 saturated carbocycles. The van der Waals surface area contributed by atoms with E-state index in [1.807, 2.05) is 32.4 Å². The average Bonchev–Trinajstić information content (AvgIpc) is 2.97. The minimum absolute atomic E-state index is 0.148. The standard InChI is InChI=1S/C20H32N4O4S/c1-8-10-24-11-9-15-12(2)16(23-29(27,28)22-14(4)25)13(3)17(18(15)24)21-19(26)20(5,6)7/h23H,8-11H2,1-7H3,(H,21,26)(H,22,25). The number of amides is 2. The molecule has 0 unspecified atom stereocenters. The van der Waals surface area contributed by atoms with E-state index in [-0.39, 0.29) is 5.91 Å². The Balaban J connectivity index is 2.65. The fourth-order valence-electron chi connectivity index (χ4n) is 3.53. The molecule has 29 heavy (non-hydrogen) atoms. The van der Waals surface area contributed by atoms with Crippen LogP contribution in [0.2, 0.25) is 0 Å². The van der Waals surface area contributed by atoms with Crippen molar-refractivity contribution in [1.29, 1.82) is 0 Å². The van der Waals surface area contributed by atoms with E-state index in [1.165, 1.54) is 0 Å². The number of anilines is 3. The first-order valence-electron chi connectivity index (χ1n) is 9.82. The van der Waals surface area contributed by atoms with Crippen LogP contribution in [-0.2, 0) is 26.2 Å². The van der Waals surface area contributed by atoms with Crippen molar-refractivity contribution >= 4 is 39.1 Å². The molecule has 0 atom stereocenters. The van der Waals surface area contributed by atoms with Gasteiger partial charge in [0.15, 0.2) is 0 Å². The van der Waals surface area contributed by atoms with E-state index in [1.54, 1.807) is 6.92 Å². The molecule has 162 valence electrons. The van der Waals surface area contributed by atoms with Crippen LogP contribution < -0.4 is 19.7 Å². The molecule has 8 nitrogen and oxygen atoms in total. The van der Waals surface area contributed by atoms with Crippen molar-refractivity contribution in [2.75, 3.05) is 28.0 Å². The number of hydrogen-bond acceptors (Lipinski definition) is 5. The summed E-state index contributed by atoms with van der Waals surface area (Å²) in [5.74, 6) is -0.824. The highest BCUT2D eigenvalue weighted by Crippen LogP contribution is 2.45. The van der Waals surface area contributed by atoms with Crippen molar-refractivity contribution in [2.24, 2.45) is 5.41 Å². The molecule has 1 aliphatic heterocycles. The van der Waals surface area contributed by atoms with E-state index < -0.39 is 21.5 Å². The Morgan fingerprint density at radius 2 is 1.72 bits per heavy atom. The lowest BCUT2D eigenvalue weighted by Crippen LogP contribution is -2.34. The fourth-order valence-corrected chi connectivity index (χ4v) is 4.53. The van der Waals surface area contributed by atoms with Crippen molar-refractivity contribution in [2.45, 2.75) is 61.3 Å². The van der Waals surface area contributed by atoms with Gasteiger partial charge < -0.3 is 10.2 Å². The van der Waals surface area contributed by atoms with Crippen LogP contribution in [0.5, 0.6) is 0 Å². The van der Waals surface area contributed by atoms with Crippen molar-refractivity contribution in [1.82, 2.24) is 4.72 Å². The zero-order chi connectivity index (χ0) is 22.1. The predicted octanol–water partition coefficient (Wildman–Crippen LogP) is 2.85. The average molecular weight is 425 g/mol. The molecule has 9 heteroatoms. The molecule has 0 aromatic heterocycles. The summed E-state index contributed by atoms with van der Waals surface area (Å²) in [6, 6.07) is 0. The highest BCUT2D eigenvalue weighted by molar-refractivity contribution is 7.91. The van der Waals surface area contributed by atoms with E-state index in [0.717, 1.165) is 49.7 Å². The topological polar surface area (TPSA) is 108 Å². The summed E-state index contributed by atoms with van der Waals surface area (Å²) in [5, 5.41) is 3.03. The maximum atomic E-state index is 12.8. The van der Waals surface area contributed by atoms with E-state index in [9.17, 15) is 18.0 Å². The van der Waals surface area contributed by atoms with Crippen LogP contribution >= 0.6 is 0 Å². The van der Waals surface area contributed by atoms with Gasteiger partial charge in [0.05, 0.1) is 17.1 Å². The van der Waals surface area contributed by atoms with E-state index >= 15 is 0 Å². The Kier molecular flexibility index (Phi) is 6.51. The summed E-state index contributed by atoms with van der Waals surface area (Å²) in [6.45, 7) is 14.0. The van der Waals surface area contributed by atoms with Gasteiger partial charge in [0, 0.05) is 25.4 Å². The number of hydrogen-bond donors (Lipinski definition) is 3. The highest BCUT2D eigenvalue weighted by Gasteiger charge is 2.31. The highest BCUT2D eigenvalue weighted by atomic mass is 32.2. The number of carbonyl (C=O) groups is 2. The molecule has 1 aromatic carbocycles. The largest absolute Gasteiger partial charge is 0.369 e. The zero-order valence-corrected chi connectivity index (χ0v) is 19.1. The van der Waals surface area contributed by atoms with E-state index in [0.29, 0.717) is 16.9 Å². The second-order valence-electron chi connectivity index (χ2n) is 8.53. The van der Waals surface area contributed by atoms with Crippen LogP contribution in [0.1, 0.15) is 57.7 Å². The molecule has 0 aliphatic carbocycles. The lowest BCUT2D eigenvalue weighted by Gasteiger charge is -2.28. The number of nitrogens with one attached hydrogen (secondary N) is 3. The quantitative estimate of drug-likeness (QED) is 0.651. The molecule has 2 rings (SSSR count). The van der Waals surface area contributed by atoms with Gasteiger partial charge in [0.25, 0.3) is 0 Å². The summed E-state index contributed by atoms with van der Waals surface area (Å²) in [4.78, 5) is 26.2. The van der Waals surface area contributed by atoms with Crippen LogP contribution in [0.15, 0.2) is 0 Å². The Labute approximate surface area is 173 Å². The second kappa shape index (κ2) is 8.22. The fraction of sp³-hybridized carbons (Fsp3) is 0.600. The van der Waals surface area contributed by atoms with Crippen LogP contribution in [-0.4, -0.2) is 33.3 Å². The van der Waals surface area contributed by atoms with Crippen LogP contribution in [0.25, 0.3) is 0 Å². The smallest absolute Gasteiger partial charge is 0.323 e. The maximum Gasteiger partial charge on any atom is 0.323 e. The number of fused-ring (bicyclic) bond motifs is 1. The Morgan fingerprint density at radius 3 is 2.24 bits per heavy atom. The minimum atomic E-state index is -4.07. The summed E-state index contributed by atoms with van der Waals surface area (Å²) in [5.41, 5.74) is 3.80. The summed E-state index contributed by atoms with van der Waals surface area (Å²) in [7, 11) is -4.07. The molecule has 0 radical (unpaired) electrons. The lowest BCUT2D eigenvalue weighted by atomic mass is 9.94. The molecule has 0 saturated heterocycles. The summed E-state index contributed by atoms with van der Waals surface area (Å²) in [6.07, 6.45) is 1.72. The monoisotopic (exact) mass is 424 g/mol. The Morgan fingerprint density at radius 1 is 1.10 bits per heavy atom. The van der Waals surface area contributed by atoms with Gasteiger partial charge in [-0.05, 0) is 43.4 Å². The van der Waals surface area contributed by atoms with Gasteiger partial charge in [-0.3, -0.25) is 14.3 Å². The zero-order valence-electron chi connectivity index (χ0n) is 18.3. The molecule has 0 bridgehead atoms. The Hall–Kier alpha value is -2.29. The number of nitrogens with zero attached hydrogens (tertiary/aromatic N) is 1. The van der Waals surface area contributed by atoms with E-state index in [4.69, 9.17) is 0 Å². The molecule has 0 spiro atoms. The molecular formula is C20H32N4O4S. The van der Waals surface area contributed by atoms with Gasteiger partial charge in [0.2, 0.25) is 11.8 Å². The predicted molar refractivity (Wildman–Crippen MR) is 117 cm³/mol. The first-order valence-corrected chi connectivity index (χ1v) is 11.3. The first-order chi connectivity index (χ1) is 13.3. The molecule has 1 aliphatic rings. The molecular weight excluding hydrogens is 392 g/mol. The van der Waals surface area contributed by atoms with E-state index in [2.05, 4.69) is 21.9 Å². The summed E-state index contributed by atoms with van der Waals surface area (Å²) >= 11 is 0. The van der Waals surface area contributed by atoms with Gasteiger partial charge in [-0.2, -0.15) is 8.42 Å².